The molecule has 0 aliphatic heterocycles. The van der Waals surface area contributed by atoms with Crippen molar-refractivity contribution >= 4 is 17.6 Å². The van der Waals surface area contributed by atoms with Crippen LogP contribution in [-0.2, 0) is 6.18 Å². The maximum Gasteiger partial charge on any atom is 0.416 e. The van der Waals surface area contributed by atoms with E-state index < -0.39 is 11.7 Å². The Morgan fingerprint density at radius 1 is 1.07 bits per heavy atom. The summed E-state index contributed by atoms with van der Waals surface area (Å²) in [7, 11) is 0. The third-order valence-electron chi connectivity index (χ3n) is 5.34. The zero-order chi connectivity index (χ0) is 21.1. The molecule has 3 aromatic rings. The molecule has 2 heterocycles. The number of hydrogen-bond donors (Lipinski definition) is 2. The van der Waals surface area contributed by atoms with Gasteiger partial charge in [-0.25, -0.2) is 9.97 Å². The fourth-order valence-electron chi connectivity index (χ4n) is 3.83. The SMILES string of the molecule is CSc1nc(-c2cccc(C(F)(F)F)c2)c(-c2ccnc(NC3CCCCC3)c2)[nH]1. The fourth-order valence-corrected chi connectivity index (χ4v) is 4.22. The number of nitrogens with one attached hydrogen (secondary N) is 2. The largest absolute Gasteiger partial charge is 0.416 e. The van der Waals surface area contributed by atoms with Crippen molar-refractivity contribution < 1.29 is 13.2 Å². The summed E-state index contributed by atoms with van der Waals surface area (Å²) in [6, 6.07) is 9.48. The number of imidazole rings is 1. The van der Waals surface area contributed by atoms with Crippen LogP contribution in [0.1, 0.15) is 37.7 Å². The first-order chi connectivity index (χ1) is 14.4. The zero-order valence-electron chi connectivity index (χ0n) is 16.6. The lowest BCUT2D eigenvalue weighted by Gasteiger charge is -2.23. The number of anilines is 1. The number of alkyl halides is 3. The van der Waals surface area contributed by atoms with Gasteiger partial charge in [-0.3, -0.25) is 0 Å². The van der Waals surface area contributed by atoms with Crippen LogP contribution in [0.4, 0.5) is 19.0 Å². The number of rotatable bonds is 5. The summed E-state index contributed by atoms with van der Waals surface area (Å²) in [5.41, 5.74) is 1.76. The molecule has 0 bridgehead atoms. The van der Waals surface area contributed by atoms with Gasteiger partial charge >= 0.3 is 6.18 Å². The maximum absolute atomic E-state index is 13.2. The minimum Gasteiger partial charge on any atom is -0.367 e. The molecule has 4 nitrogen and oxygen atoms in total. The van der Waals surface area contributed by atoms with Gasteiger partial charge in [0.25, 0.3) is 0 Å². The Labute approximate surface area is 177 Å². The number of thioether (sulfide) groups is 1. The van der Waals surface area contributed by atoms with E-state index in [-0.39, 0.29) is 0 Å². The molecule has 158 valence electrons. The quantitative estimate of drug-likeness (QED) is 0.445. The molecule has 0 unspecified atom stereocenters. The highest BCUT2D eigenvalue weighted by Crippen LogP contribution is 2.36. The second kappa shape index (κ2) is 8.71. The summed E-state index contributed by atoms with van der Waals surface area (Å²) in [4.78, 5) is 12.2. The van der Waals surface area contributed by atoms with Crippen molar-refractivity contribution in [2.75, 3.05) is 11.6 Å². The van der Waals surface area contributed by atoms with E-state index >= 15 is 0 Å². The van der Waals surface area contributed by atoms with Gasteiger partial charge in [0.05, 0.1) is 17.0 Å². The molecule has 8 heteroatoms. The minimum atomic E-state index is -4.40. The second-order valence-corrected chi connectivity index (χ2v) is 8.25. The monoisotopic (exact) mass is 432 g/mol. The van der Waals surface area contributed by atoms with Crippen LogP contribution < -0.4 is 5.32 Å². The molecule has 0 radical (unpaired) electrons. The zero-order valence-corrected chi connectivity index (χ0v) is 17.4. The molecule has 4 rings (SSSR count). The van der Waals surface area contributed by atoms with Gasteiger partial charge in [-0.05, 0) is 43.4 Å². The highest BCUT2D eigenvalue weighted by molar-refractivity contribution is 7.98. The van der Waals surface area contributed by atoms with E-state index in [1.165, 1.54) is 37.1 Å². The van der Waals surface area contributed by atoms with Gasteiger partial charge in [0, 0.05) is 23.4 Å². The Kier molecular flexibility index (Phi) is 6.04. The molecule has 0 saturated heterocycles. The van der Waals surface area contributed by atoms with E-state index in [2.05, 4.69) is 20.3 Å². The average Bonchev–Trinajstić information content (AvgIpc) is 3.19. The predicted octanol–water partition coefficient (Wildman–Crippen LogP) is 6.62. The maximum atomic E-state index is 13.2. The van der Waals surface area contributed by atoms with Gasteiger partial charge in [0.15, 0.2) is 5.16 Å². The van der Waals surface area contributed by atoms with Crippen LogP contribution in [0, 0.1) is 0 Å². The molecule has 0 atom stereocenters. The molecule has 2 aromatic heterocycles. The summed E-state index contributed by atoms with van der Waals surface area (Å²) in [6.07, 6.45) is 5.16. The third kappa shape index (κ3) is 4.64. The molecule has 1 saturated carbocycles. The average molecular weight is 433 g/mol. The number of benzene rings is 1. The Morgan fingerprint density at radius 2 is 1.87 bits per heavy atom. The highest BCUT2D eigenvalue weighted by Gasteiger charge is 2.31. The van der Waals surface area contributed by atoms with Crippen LogP contribution in [-0.4, -0.2) is 27.2 Å². The normalized spacial score (nSPS) is 15.3. The van der Waals surface area contributed by atoms with Gasteiger partial charge in [-0.15, -0.1) is 0 Å². The summed E-state index contributed by atoms with van der Waals surface area (Å²) in [6.45, 7) is 0. The molecule has 1 aromatic carbocycles. The first-order valence-corrected chi connectivity index (χ1v) is 11.2. The van der Waals surface area contributed by atoms with Gasteiger partial charge in [0.1, 0.15) is 5.82 Å². The lowest BCUT2D eigenvalue weighted by molar-refractivity contribution is -0.137. The van der Waals surface area contributed by atoms with E-state index in [4.69, 9.17) is 0 Å². The summed E-state index contributed by atoms with van der Waals surface area (Å²) in [5, 5.41) is 4.15. The van der Waals surface area contributed by atoms with Gasteiger partial charge in [-0.2, -0.15) is 13.2 Å². The number of aromatic amines is 1. The van der Waals surface area contributed by atoms with E-state index in [1.54, 1.807) is 12.3 Å². The van der Waals surface area contributed by atoms with Crippen LogP contribution in [0.2, 0.25) is 0 Å². The topological polar surface area (TPSA) is 53.6 Å². The number of aromatic nitrogens is 3. The van der Waals surface area contributed by atoms with Crippen molar-refractivity contribution in [1.82, 2.24) is 15.0 Å². The lowest BCUT2D eigenvalue weighted by atomic mass is 9.95. The third-order valence-corrected chi connectivity index (χ3v) is 5.92. The first kappa shape index (κ1) is 20.8. The molecule has 2 N–H and O–H groups in total. The van der Waals surface area contributed by atoms with Crippen molar-refractivity contribution in [2.24, 2.45) is 0 Å². The minimum absolute atomic E-state index is 0.410. The molecular weight excluding hydrogens is 409 g/mol. The van der Waals surface area contributed by atoms with E-state index in [9.17, 15) is 13.2 Å². The van der Waals surface area contributed by atoms with Crippen molar-refractivity contribution in [3.63, 3.8) is 0 Å². The second-order valence-electron chi connectivity index (χ2n) is 7.46. The molecule has 30 heavy (non-hydrogen) atoms. The smallest absolute Gasteiger partial charge is 0.367 e. The van der Waals surface area contributed by atoms with Gasteiger partial charge < -0.3 is 10.3 Å². The number of nitrogens with zero attached hydrogens (tertiary/aromatic N) is 2. The van der Waals surface area contributed by atoms with Crippen LogP contribution in [0.25, 0.3) is 22.5 Å². The van der Waals surface area contributed by atoms with Crippen LogP contribution >= 0.6 is 11.8 Å². The van der Waals surface area contributed by atoms with E-state index in [0.29, 0.717) is 28.1 Å². The molecule has 0 spiro atoms. The van der Waals surface area contributed by atoms with Crippen molar-refractivity contribution in [3.05, 3.63) is 48.2 Å². The Hall–Kier alpha value is -2.48. The van der Waals surface area contributed by atoms with E-state index in [1.807, 2.05) is 18.4 Å². The molecular formula is C22H23F3N4S. The standard InChI is InChI=1S/C22H23F3N4S/c1-30-21-28-19(14-6-5-7-16(12-14)22(23,24)25)20(29-21)15-10-11-26-18(13-15)27-17-8-3-2-4-9-17/h5-7,10-13,17H,2-4,8-9H2,1H3,(H,26,27)(H,28,29). The molecule has 1 fully saturated rings. The number of pyridine rings is 1. The van der Waals surface area contributed by atoms with Crippen LogP contribution in [0.5, 0.6) is 0 Å². The van der Waals surface area contributed by atoms with Crippen molar-refractivity contribution in [1.29, 1.82) is 0 Å². The summed E-state index contributed by atoms with van der Waals surface area (Å²) < 4.78 is 39.6. The summed E-state index contributed by atoms with van der Waals surface area (Å²) in [5.74, 6) is 0.773. The first-order valence-electron chi connectivity index (χ1n) is 9.98. The molecule has 1 aliphatic rings. The fraction of sp³-hybridized carbons (Fsp3) is 0.364. The Bertz CT molecular complexity index is 1010. The molecule has 1 aliphatic carbocycles. The predicted molar refractivity (Wildman–Crippen MR) is 115 cm³/mol. The van der Waals surface area contributed by atoms with Crippen LogP contribution in [0.15, 0.2) is 47.8 Å². The van der Waals surface area contributed by atoms with Gasteiger partial charge in [-0.1, -0.05) is 43.2 Å². The Balaban J connectivity index is 1.70. The van der Waals surface area contributed by atoms with Crippen molar-refractivity contribution in [3.8, 4) is 22.5 Å². The van der Waals surface area contributed by atoms with E-state index in [0.717, 1.165) is 36.4 Å². The van der Waals surface area contributed by atoms with Crippen molar-refractivity contribution in [2.45, 2.75) is 49.5 Å². The lowest BCUT2D eigenvalue weighted by Crippen LogP contribution is -2.22. The number of halogens is 3. The summed E-state index contributed by atoms with van der Waals surface area (Å²) >= 11 is 1.42. The number of H-pyrrole nitrogens is 1. The highest BCUT2D eigenvalue weighted by atomic mass is 32.2. The van der Waals surface area contributed by atoms with Crippen LogP contribution in [0.3, 0.4) is 0 Å². The molecule has 0 amide bonds. The Morgan fingerprint density at radius 3 is 2.60 bits per heavy atom. The number of hydrogen-bond acceptors (Lipinski definition) is 4. The van der Waals surface area contributed by atoms with Gasteiger partial charge in [0.2, 0.25) is 0 Å².